The van der Waals surface area contributed by atoms with Crippen LogP contribution in [0.2, 0.25) is 10.0 Å². The van der Waals surface area contributed by atoms with E-state index in [1.54, 1.807) is 24.4 Å². The average Bonchev–Trinajstić information content (AvgIpc) is 3.26. The van der Waals surface area contributed by atoms with Crippen molar-refractivity contribution in [2.75, 3.05) is 5.32 Å². The maximum atomic E-state index is 12.3. The van der Waals surface area contributed by atoms with Crippen molar-refractivity contribution in [3.05, 3.63) is 51.7 Å². The van der Waals surface area contributed by atoms with Crippen molar-refractivity contribution in [2.45, 2.75) is 6.42 Å². The van der Waals surface area contributed by atoms with Crippen molar-refractivity contribution in [3.8, 4) is 10.6 Å². The van der Waals surface area contributed by atoms with Crippen molar-refractivity contribution in [1.29, 1.82) is 0 Å². The van der Waals surface area contributed by atoms with Crippen LogP contribution in [0.1, 0.15) is 5.69 Å². The van der Waals surface area contributed by atoms with Gasteiger partial charge in [-0.2, -0.15) is 0 Å². The predicted molar refractivity (Wildman–Crippen MR) is 101 cm³/mol. The Morgan fingerprint density at radius 2 is 2.04 bits per heavy atom. The molecule has 126 valence electrons. The zero-order valence-corrected chi connectivity index (χ0v) is 15.6. The lowest BCUT2D eigenvalue weighted by atomic mass is 10.2. The summed E-state index contributed by atoms with van der Waals surface area (Å²) >= 11 is 15.1. The van der Waals surface area contributed by atoms with Crippen LogP contribution in [-0.4, -0.2) is 25.5 Å². The Labute approximate surface area is 160 Å². The number of anilines is 1. The van der Waals surface area contributed by atoms with Gasteiger partial charge in [-0.3, -0.25) is 9.20 Å². The molecule has 3 heterocycles. The number of aromatic nitrogens is 4. The number of hydrogen-bond donors (Lipinski definition) is 1. The molecule has 0 aliphatic heterocycles. The molecule has 0 aliphatic rings. The lowest BCUT2D eigenvalue weighted by Gasteiger charge is -2.02. The van der Waals surface area contributed by atoms with Crippen LogP contribution in [0.4, 0.5) is 5.13 Å². The second-order valence-electron chi connectivity index (χ2n) is 5.04. The summed E-state index contributed by atoms with van der Waals surface area (Å²) in [5, 5.41) is 14.7. The number of nitrogens with zero attached hydrogens (tertiary/aromatic N) is 4. The van der Waals surface area contributed by atoms with E-state index in [0.717, 1.165) is 10.7 Å². The molecule has 0 saturated heterocycles. The SMILES string of the molecule is O=C(Cc1csc2nccn12)Nc1nnc(-c2c(Cl)cccc2Cl)s1. The summed E-state index contributed by atoms with van der Waals surface area (Å²) in [5.74, 6) is -0.179. The van der Waals surface area contributed by atoms with Gasteiger partial charge in [0.05, 0.1) is 16.5 Å². The third kappa shape index (κ3) is 3.25. The van der Waals surface area contributed by atoms with Crippen LogP contribution >= 0.6 is 45.9 Å². The van der Waals surface area contributed by atoms with E-state index >= 15 is 0 Å². The highest BCUT2D eigenvalue weighted by molar-refractivity contribution is 7.18. The molecule has 0 spiro atoms. The molecule has 0 unspecified atom stereocenters. The molecule has 0 aliphatic carbocycles. The average molecular weight is 410 g/mol. The largest absolute Gasteiger partial charge is 0.300 e. The molecule has 1 aromatic carbocycles. The van der Waals surface area contributed by atoms with Crippen molar-refractivity contribution in [2.24, 2.45) is 0 Å². The standard InChI is InChI=1S/C15H9Cl2N5OS2/c16-9-2-1-3-10(17)12(9)13-20-21-14(25-13)19-11(23)6-8-7-24-15-18-4-5-22(8)15/h1-5,7H,6H2,(H,19,21,23). The molecule has 25 heavy (non-hydrogen) atoms. The first-order valence-electron chi connectivity index (χ1n) is 7.09. The number of nitrogens with one attached hydrogen (secondary N) is 1. The van der Waals surface area contributed by atoms with Gasteiger partial charge in [-0.25, -0.2) is 4.98 Å². The summed E-state index contributed by atoms with van der Waals surface area (Å²) in [4.78, 5) is 17.3. The number of benzene rings is 1. The predicted octanol–water partition coefficient (Wildman–Crippen LogP) is 4.40. The number of carbonyl (C=O) groups is 1. The molecular formula is C15H9Cl2N5OS2. The fourth-order valence-corrected chi connectivity index (χ4v) is 4.68. The summed E-state index contributed by atoms with van der Waals surface area (Å²) in [5.41, 5.74) is 1.48. The number of halogens is 2. The molecule has 1 N–H and O–H groups in total. The molecule has 4 aromatic rings. The van der Waals surface area contributed by atoms with Gasteiger partial charge in [0.2, 0.25) is 11.0 Å². The maximum absolute atomic E-state index is 12.3. The molecule has 1 amide bonds. The number of hydrogen-bond acceptors (Lipinski definition) is 6. The molecular weight excluding hydrogens is 401 g/mol. The molecule has 6 nitrogen and oxygen atoms in total. The second kappa shape index (κ2) is 6.72. The van der Waals surface area contributed by atoms with Crippen molar-refractivity contribution < 1.29 is 4.79 Å². The van der Waals surface area contributed by atoms with Crippen LogP contribution < -0.4 is 5.32 Å². The van der Waals surface area contributed by atoms with Crippen LogP contribution in [-0.2, 0) is 11.2 Å². The van der Waals surface area contributed by atoms with Gasteiger partial charge < -0.3 is 5.32 Å². The van der Waals surface area contributed by atoms with Crippen molar-refractivity contribution in [1.82, 2.24) is 19.6 Å². The minimum Gasteiger partial charge on any atom is -0.300 e. The summed E-state index contributed by atoms with van der Waals surface area (Å²) in [6.07, 6.45) is 3.76. The van der Waals surface area contributed by atoms with E-state index in [1.165, 1.54) is 22.7 Å². The van der Waals surface area contributed by atoms with Gasteiger partial charge in [0.1, 0.15) is 0 Å². The van der Waals surface area contributed by atoms with Crippen LogP contribution in [0.15, 0.2) is 36.0 Å². The van der Waals surface area contributed by atoms with Gasteiger partial charge in [-0.05, 0) is 12.1 Å². The van der Waals surface area contributed by atoms with Gasteiger partial charge in [0, 0.05) is 29.0 Å². The molecule has 0 radical (unpaired) electrons. The highest BCUT2D eigenvalue weighted by atomic mass is 35.5. The summed E-state index contributed by atoms with van der Waals surface area (Å²) < 4.78 is 1.89. The van der Waals surface area contributed by atoms with Crippen molar-refractivity contribution in [3.63, 3.8) is 0 Å². The van der Waals surface area contributed by atoms with Gasteiger partial charge in [0.25, 0.3) is 0 Å². The van der Waals surface area contributed by atoms with Crippen LogP contribution in [0, 0.1) is 0 Å². The van der Waals surface area contributed by atoms with E-state index in [4.69, 9.17) is 23.2 Å². The summed E-state index contributed by atoms with van der Waals surface area (Å²) in [7, 11) is 0. The highest BCUT2D eigenvalue weighted by Gasteiger charge is 2.16. The topological polar surface area (TPSA) is 72.2 Å². The molecule has 10 heteroatoms. The number of thiazole rings is 1. The van der Waals surface area contributed by atoms with Crippen molar-refractivity contribution >= 4 is 61.9 Å². The first kappa shape index (κ1) is 16.5. The van der Waals surface area contributed by atoms with Crippen LogP contribution in [0.25, 0.3) is 15.5 Å². The monoisotopic (exact) mass is 409 g/mol. The lowest BCUT2D eigenvalue weighted by molar-refractivity contribution is -0.115. The summed E-state index contributed by atoms with van der Waals surface area (Å²) in [6.45, 7) is 0. The number of fused-ring (bicyclic) bond motifs is 1. The first-order valence-corrected chi connectivity index (χ1v) is 9.54. The molecule has 0 saturated carbocycles. The van der Waals surface area contributed by atoms with Gasteiger partial charge in [-0.1, -0.05) is 40.6 Å². The minimum atomic E-state index is -0.179. The van der Waals surface area contributed by atoms with E-state index in [1.807, 2.05) is 16.0 Å². The van der Waals surface area contributed by atoms with Gasteiger partial charge in [-0.15, -0.1) is 21.5 Å². The summed E-state index contributed by atoms with van der Waals surface area (Å²) in [6, 6.07) is 5.22. The zero-order valence-electron chi connectivity index (χ0n) is 12.4. The molecule has 0 atom stereocenters. The van der Waals surface area contributed by atoms with E-state index in [0.29, 0.717) is 25.7 Å². The van der Waals surface area contributed by atoms with Crippen LogP contribution in [0.5, 0.6) is 0 Å². The quantitative estimate of drug-likeness (QED) is 0.541. The fraction of sp³-hybridized carbons (Fsp3) is 0.0667. The Bertz CT molecular complexity index is 1050. The minimum absolute atomic E-state index is 0.179. The maximum Gasteiger partial charge on any atom is 0.232 e. The van der Waals surface area contributed by atoms with Gasteiger partial charge >= 0.3 is 0 Å². The molecule has 4 rings (SSSR count). The Morgan fingerprint density at radius 1 is 1.24 bits per heavy atom. The van der Waals surface area contributed by atoms with Gasteiger partial charge in [0.15, 0.2) is 9.97 Å². The fourth-order valence-electron chi connectivity index (χ4n) is 2.30. The first-order chi connectivity index (χ1) is 12.1. The number of rotatable bonds is 4. The molecule has 0 fully saturated rings. The van der Waals surface area contributed by atoms with E-state index in [9.17, 15) is 4.79 Å². The number of carbonyl (C=O) groups excluding carboxylic acids is 1. The highest BCUT2D eigenvalue weighted by Crippen LogP contribution is 2.37. The third-order valence-corrected chi connectivity index (χ3v) is 5.80. The Hall–Kier alpha value is -2.00. The van der Waals surface area contributed by atoms with E-state index in [-0.39, 0.29) is 12.3 Å². The zero-order chi connectivity index (χ0) is 17.4. The number of amides is 1. The number of imidazole rings is 1. The van der Waals surface area contributed by atoms with Crippen LogP contribution in [0.3, 0.4) is 0 Å². The molecule has 3 aromatic heterocycles. The Morgan fingerprint density at radius 3 is 2.84 bits per heavy atom. The molecule has 0 bridgehead atoms. The normalized spacial score (nSPS) is 11.1. The lowest BCUT2D eigenvalue weighted by Crippen LogP contribution is -2.15. The second-order valence-corrected chi connectivity index (χ2v) is 7.67. The Balaban J connectivity index is 1.51. The smallest absolute Gasteiger partial charge is 0.232 e. The third-order valence-electron chi connectivity index (χ3n) is 3.41. The van der Waals surface area contributed by atoms with E-state index < -0.39 is 0 Å². The van der Waals surface area contributed by atoms with E-state index in [2.05, 4.69) is 20.5 Å². The Kier molecular flexibility index (Phi) is 4.43.